The topological polar surface area (TPSA) is 71.8 Å². The number of alkyl halides is 2. The number of rotatable bonds is 3. The molecule has 0 saturated heterocycles. The Morgan fingerprint density at radius 3 is 2.67 bits per heavy atom. The number of hydrogen-bond acceptors (Lipinski definition) is 3. The monoisotopic (exact) mass is 299 g/mol. The van der Waals surface area contributed by atoms with Gasteiger partial charge in [0.15, 0.2) is 0 Å². The SMILES string of the molecule is O=C(Nc1ncn(C2CCCCC2)n1)NC1CC(F)(F)C1. The van der Waals surface area contributed by atoms with Gasteiger partial charge in [-0.25, -0.2) is 23.2 Å². The molecule has 0 aromatic carbocycles. The van der Waals surface area contributed by atoms with E-state index in [-0.39, 0.29) is 18.8 Å². The lowest BCUT2D eigenvalue weighted by atomic mass is 9.88. The van der Waals surface area contributed by atoms with Crippen molar-refractivity contribution in [1.82, 2.24) is 20.1 Å². The van der Waals surface area contributed by atoms with E-state index < -0.39 is 18.0 Å². The first-order valence-corrected chi connectivity index (χ1v) is 7.38. The van der Waals surface area contributed by atoms with Crippen molar-refractivity contribution in [1.29, 1.82) is 0 Å². The average Bonchev–Trinajstić information content (AvgIpc) is 2.86. The molecule has 0 bridgehead atoms. The number of urea groups is 1. The standard InChI is InChI=1S/C13H19F2N5O/c14-13(15)6-9(7-13)17-12(21)18-11-16-8-20(19-11)10-4-2-1-3-5-10/h8-10H,1-7H2,(H2,17,18,19,21). The quantitative estimate of drug-likeness (QED) is 0.901. The van der Waals surface area contributed by atoms with Gasteiger partial charge in [-0.3, -0.25) is 5.32 Å². The zero-order valence-electron chi connectivity index (χ0n) is 11.7. The van der Waals surface area contributed by atoms with E-state index in [9.17, 15) is 13.6 Å². The highest BCUT2D eigenvalue weighted by Gasteiger charge is 2.45. The average molecular weight is 299 g/mol. The van der Waals surface area contributed by atoms with Gasteiger partial charge in [-0.05, 0) is 12.8 Å². The highest BCUT2D eigenvalue weighted by atomic mass is 19.3. The third-order valence-corrected chi connectivity index (χ3v) is 4.11. The Hall–Kier alpha value is -1.73. The number of halogens is 2. The summed E-state index contributed by atoms with van der Waals surface area (Å²) in [4.78, 5) is 15.7. The maximum absolute atomic E-state index is 12.7. The van der Waals surface area contributed by atoms with Crippen molar-refractivity contribution in [3.05, 3.63) is 6.33 Å². The predicted octanol–water partition coefficient (Wildman–Crippen LogP) is 2.70. The number of aromatic nitrogens is 3. The van der Waals surface area contributed by atoms with Crippen LogP contribution in [0.5, 0.6) is 0 Å². The molecule has 2 amide bonds. The zero-order valence-corrected chi connectivity index (χ0v) is 11.7. The molecule has 116 valence electrons. The summed E-state index contributed by atoms with van der Waals surface area (Å²) in [6, 6.07) is -0.660. The lowest BCUT2D eigenvalue weighted by Gasteiger charge is -2.35. The highest BCUT2D eigenvalue weighted by Crippen LogP contribution is 2.37. The first kappa shape index (κ1) is 14.2. The zero-order chi connectivity index (χ0) is 14.9. The normalized spacial score (nSPS) is 22.6. The number of anilines is 1. The smallest absolute Gasteiger partial charge is 0.321 e. The second-order valence-electron chi connectivity index (χ2n) is 5.90. The molecule has 8 heteroatoms. The van der Waals surface area contributed by atoms with Crippen LogP contribution in [0.4, 0.5) is 19.5 Å². The fourth-order valence-corrected chi connectivity index (χ4v) is 2.94. The summed E-state index contributed by atoms with van der Waals surface area (Å²) in [7, 11) is 0. The first-order chi connectivity index (χ1) is 10.0. The molecule has 1 heterocycles. The predicted molar refractivity (Wildman–Crippen MR) is 72.3 cm³/mol. The van der Waals surface area contributed by atoms with Gasteiger partial charge in [0, 0.05) is 18.9 Å². The highest BCUT2D eigenvalue weighted by molar-refractivity contribution is 5.87. The molecule has 2 fully saturated rings. The van der Waals surface area contributed by atoms with Crippen molar-refractivity contribution >= 4 is 12.0 Å². The number of carbonyl (C=O) groups is 1. The van der Waals surface area contributed by atoms with Gasteiger partial charge < -0.3 is 5.32 Å². The molecule has 2 aliphatic carbocycles. The Morgan fingerprint density at radius 1 is 1.29 bits per heavy atom. The summed E-state index contributed by atoms with van der Waals surface area (Å²) < 4.78 is 27.1. The minimum atomic E-state index is -2.64. The molecule has 0 spiro atoms. The van der Waals surface area contributed by atoms with Crippen LogP contribution in [-0.4, -0.2) is 32.8 Å². The number of nitrogens with one attached hydrogen (secondary N) is 2. The lowest BCUT2D eigenvalue weighted by molar-refractivity contribution is -0.0893. The molecular formula is C13H19F2N5O. The van der Waals surface area contributed by atoms with Crippen molar-refractivity contribution in [2.75, 3.05) is 5.32 Å². The van der Waals surface area contributed by atoms with Crippen LogP contribution in [0.1, 0.15) is 51.0 Å². The summed E-state index contributed by atoms with van der Waals surface area (Å²) >= 11 is 0. The summed E-state index contributed by atoms with van der Waals surface area (Å²) in [6.07, 6.45) is 6.79. The van der Waals surface area contributed by atoms with Crippen molar-refractivity contribution in [2.45, 2.75) is 63.0 Å². The molecule has 2 N–H and O–H groups in total. The van der Waals surface area contributed by atoms with Crippen molar-refractivity contribution in [3.63, 3.8) is 0 Å². The van der Waals surface area contributed by atoms with Crippen molar-refractivity contribution < 1.29 is 13.6 Å². The van der Waals surface area contributed by atoms with Gasteiger partial charge in [0.1, 0.15) is 6.33 Å². The van der Waals surface area contributed by atoms with E-state index in [0.717, 1.165) is 12.8 Å². The number of nitrogens with zero attached hydrogens (tertiary/aromatic N) is 3. The third kappa shape index (κ3) is 3.48. The molecule has 0 unspecified atom stereocenters. The van der Waals surface area contributed by atoms with E-state index in [2.05, 4.69) is 20.7 Å². The van der Waals surface area contributed by atoms with Gasteiger partial charge in [0.05, 0.1) is 6.04 Å². The molecule has 3 rings (SSSR count). The Labute approximate surface area is 121 Å². The molecule has 2 saturated carbocycles. The number of hydrogen-bond donors (Lipinski definition) is 2. The fraction of sp³-hybridized carbons (Fsp3) is 0.769. The Balaban J connectivity index is 1.49. The first-order valence-electron chi connectivity index (χ1n) is 7.38. The summed E-state index contributed by atoms with van der Waals surface area (Å²) in [5.74, 6) is -2.43. The van der Waals surface area contributed by atoms with Crippen LogP contribution >= 0.6 is 0 Å². The molecule has 2 aliphatic rings. The lowest BCUT2D eigenvalue weighted by Crippen LogP contribution is -2.51. The van der Waals surface area contributed by atoms with E-state index in [1.54, 1.807) is 11.0 Å². The van der Waals surface area contributed by atoms with Gasteiger partial charge >= 0.3 is 6.03 Å². The maximum atomic E-state index is 12.7. The van der Waals surface area contributed by atoms with Gasteiger partial charge in [-0.2, -0.15) is 0 Å². The van der Waals surface area contributed by atoms with Gasteiger partial charge in [-0.1, -0.05) is 19.3 Å². The molecule has 6 nitrogen and oxygen atoms in total. The van der Waals surface area contributed by atoms with Crippen molar-refractivity contribution in [2.24, 2.45) is 0 Å². The van der Waals surface area contributed by atoms with Gasteiger partial charge in [0.25, 0.3) is 5.92 Å². The summed E-state index contributed by atoms with van der Waals surface area (Å²) in [5.41, 5.74) is 0. The van der Waals surface area contributed by atoms with E-state index in [1.807, 2.05) is 0 Å². The van der Waals surface area contributed by atoms with Crippen LogP contribution in [0.15, 0.2) is 6.33 Å². The van der Waals surface area contributed by atoms with Gasteiger partial charge in [-0.15, -0.1) is 5.10 Å². The minimum absolute atomic E-state index is 0.212. The number of carbonyl (C=O) groups excluding carboxylic acids is 1. The largest absolute Gasteiger partial charge is 0.335 e. The van der Waals surface area contributed by atoms with Crippen molar-refractivity contribution in [3.8, 4) is 0 Å². The van der Waals surface area contributed by atoms with E-state index in [1.165, 1.54) is 19.3 Å². The molecule has 1 aromatic heterocycles. The minimum Gasteiger partial charge on any atom is -0.335 e. The third-order valence-electron chi connectivity index (χ3n) is 4.11. The molecule has 0 radical (unpaired) electrons. The van der Waals surface area contributed by atoms with E-state index >= 15 is 0 Å². The van der Waals surface area contributed by atoms with Crippen LogP contribution in [0.3, 0.4) is 0 Å². The fourth-order valence-electron chi connectivity index (χ4n) is 2.94. The number of amides is 2. The maximum Gasteiger partial charge on any atom is 0.321 e. The second-order valence-corrected chi connectivity index (χ2v) is 5.90. The molecular weight excluding hydrogens is 280 g/mol. The Kier molecular flexibility index (Phi) is 3.77. The Morgan fingerprint density at radius 2 is 2.00 bits per heavy atom. The second kappa shape index (κ2) is 5.57. The van der Waals surface area contributed by atoms with Crippen LogP contribution in [-0.2, 0) is 0 Å². The molecule has 0 atom stereocenters. The van der Waals surface area contributed by atoms with E-state index in [4.69, 9.17) is 0 Å². The molecule has 0 aliphatic heterocycles. The van der Waals surface area contributed by atoms with Crippen LogP contribution in [0.2, 0.25) is 0 Å². The summed E-state index contributed by atoms with van der Waals surface area (Å²) in [5, 5.41) is 9.22. The van der Waals surface area contributed by atoms with Gasteiger partial charge in [0.2, 0.25) is 5.95 Å². The summed E-state index contributed by atoms with van der Waals surface area (Å²) in [6.45, 7) is 0. The molecule has 1 aromatic rings. The molecule has 21 heavy (non-hydrogen) atoms. The van der Waals surface area contributed by atoms with Crippen LogP contribution in [0, 0.1) is 0 Å². The van der Waals surface area contributed by atoms with Crippen LogP contribution in [0.25, 0.3) is 0 Å². The van der Waals surface area contributed by atoms with Crippen LogP contribution < -0.4 is 10.6 Å². The Bertz CT molecular complexity index is 504. The van der Waals surface area contributed by atoms with E-state index in [0.29, 0.717) is 6.04 Å².